The smallest absolute Gasteiger partial charge is 0.172 e. The van der Waals surface area contributed by atoms with Gasteiger partial charge in [-0.15, -0.1) is 0 Å². The van der Waals surface area contributed by atoms with Crippen LogP contribution in [0.1, 0.15) is 5.56 Å². The molecule has 0 fully saturated rings. The Bertz CT molecular complexity index is 645. The monoisotopic (exact) mass is 330 g/mol. The number of nitrogens with zero attached hydrogens (tertiary/aromatic N) is 2. The van der Waals surface area contributed by atoms with Gasteiger partial charge in [0.25, 0.3) is 0 Å². The lowest BCUT2D eigenvalue weighted by atomic mass is 10.3. The zero-order valence-electron chi connectivity index (χ0n) is 13.7. The Morgan fingerprint density at radius 3 is 2.65 bits per heavy atom. The highest BCUT2D eigenvalue weighted by atomic mass is 32.1. The van der Waals surface area contributed by atoms with Crippen molar-refractivity contribution in [3.05, 3.63) is 48.2 Å². The Morgan fingerprint density at radius 1 is 1.26 bits per heavy atom. The van der Waals surface area contributed by atoms with Gasteiger partial charge in [-0.1, -0.05) is 0 Å². The van der Waals surface area contributed by atoms with E-state index in [9.17, 15) is 0 Å². The van der Waals surface area contributed by atoms with Gasteiger partial charge in [0.15, 0.2) is 5.11 Å². The van der Waals surface area contributed by atoms with Gasteiger partial charge in [-0.3, -0.25) is 0 Å². The summed E-state index contributed by atoms with van der Waals surface area (Å²) in [6.07, 6.45) is 1.76. The van der Waals surface area contributed by atoms with Gasteiger partial charge in [-0.2, -0.15) is 0 Å². The number of methoxy groups -OCH3 is 1. The molecule has 5 nitrogen and oxygen atoms in total. The van der Waals surface area contributed by atoms with Crippen LogP contribution in [0.25, 0.3) is 0 Å². The zero-order chi connectivity index (χ0) is 16.7. The fourth-order valence-electron chi connectivity index (χ4n) is 2.07. The van der Waals surface area contributed by atoms with Crippen LogP contribution < -0.4 is 20.3 Å². The maximum atomic E-state index is 5.28. The molecule has 2 N–H and O–H groups in total. The minimum atomic E-state index is 0.575. The number of ether oxygens (including phenoxy) is 1. The molecule has 0 saturated carbocycles. The van der Waals surface area contributed by atoms with Crippen molar-refractivity contribution in [2.24, 2.45) is 0 Å². The van der Waals surface area contributed by atoms with E-state index >= 15 is 0 Å². The number of rotatable bonds is 6. The Labute approximate surface area is 142 Å². The third kappa shape index (κ3) is 5.41. The minimum absolute atomic E-state index is 0.575. The molecule has 1 heterocycles. The maximum absolute atomic E-state index is 5.28. The van der Waals surface area contributed by atoms with Crippen molar-refractivity contribution >= 4 is 28.8 Å². The molecular formula is C17H22N4OS. The van der Waals surface area contributed by atoms with Crippen molar-refractivity contribution in [3.8, 4) is 5.75 Å². The molecule has 0 radical (unpaired) electrons. The average Bonchev–Trinajstić information content (AvgIpc) is 2.55. The third-order valence-electron chi connectivity index (χ3n) is 3.40. The first-order valence-electron chi connectivity index (χ1n) is 7.41. The number of anilines is 2. The van der Waals surface area contributed by atoms with E-state index in [2.05, 4.69) is 20.5 Å². The van der Waals surface area contributed by atoms with Gasteiger partial charge >= 0.3 is 0 Å². The van der Waals surface area contributed by atoms with E-state index < -0.39 is 0 Å². The van der Waals surface area contributed by atoms with Crippen LogP contribution in [0.15, 0.2) is 42.6 Å². The largest absolute Gasteiger partial charge is 0.497 e. The molecule has 0 bridgehead atoms. The summed E-state index contributed by atoms with van der Waals surface area (Å²) in [5.41, 5.74) is 2.27. The van der Waals surface area contributed by atoms with Crippen molar-refractivity contribution in [2.45, 2.75) is 6.92 Å². The van der Waals surface area contributed by atoms with Crippen molar-refractivity contribution in [2.75, 3.05) is 37.5 Å². The molecule has 122 valence electrons. The van der Waals surface area contributed by atoms with Crippen LogP contribution in [0.5, 0.6) is 5.75 Å². The highest BCUT2D eigenvalue weighted by Crippen LogP contribution is 2.17. The van der Waals surface area contributed by atoms with Gasteiger partial charge < -0.3 is 20.3 Å². The topological polar surface area (TPSA) is 49.4 Å². The van der Waals surface area contributed by atoms with Gasteiger partial charge in [-0.05, 0) is 61.1 Å². The number of thiocarbonyl (C=S) groups is 1. The molecule has 0 spiro atoms. The lowest BCUT2D eigenvalue weighted by Crippen LogP contribution is -2.35. The van der Waals surface area contributed by atoms with Gasteiger partial charge in [0.2, 0.25) is 0 Å². The summed E-state index contributed by atoms with van der Waals surface area (Å²) in [5.74, 6) is 1.61. The summed E-state index contributed by atoms with van der Waals surface area (Å²) in [6, 6.07) is 11.9. The van der Waals surface area contributed by atoms with Crippen LogP contribution in [0.2, 0.25) is 0 Å². The van der Waals surface area contributed by atoms with E-state index in [0.717, 1.165) is 35.9 Å². The Balaban J connectivity index is 1.76. The molecular weight excluding hydrogens is 308 g/mol. The molecule has 1 aromatic carbocycles. The Morgan fingerprint density at radius 2 is 2.00 bits per heavy atom. The van der Waals surface area contributed by atoms with Crippen molar-refractivity contribution in [1.29, 1.82) is 0 Å². The molecule has 2 rings (SSSR count). The number of hydrogen-bond acceptors (Lipinski definition) is 4. The van der Waals surface area contributed by atoms with Gasteiger partial charge in [-0.25, -0.2) is 4.98 Å². The fourth-order valence-corrected chi connectivity index (χ4v) is 2.27. The molecule has 0 aliphatic heterocycles. The van der Waals surface area contributed by atoms with Crippen LogP contribution in [0.3, 0.4) is 0 Å². The second-order valence-electron chi connectivity index (χ2n) is 5.22. The third-order valence-corrected chi connectivity index (χ3v) is 3.65. The molecule has 0 atom stereocenters. The van der Waals surface area contributed by atoms with Crippen LogP contribution >= 0.6 is 12.2 Å². The number of aromatic nitrogens is 1. The van der Waals surface area contributed by atoms with Crippen LogP contribution in [0, 0.1) is 6.92 Å². The highest BCUT2D eigenvalue weighted by molar-refractivity contribution is 7.80. The quantitative estimate of drug-likeness (QED) is 0.795. The highest BCUT2D eigenvalue weighted by Gasteiger charge is 2.03. The fraction of sp³-hybridized carbons (Fsp3) is 0.294. The number of benzene rings is 1. The summed E-state index contributed by atoms with van der Waals surface area (Å²) in [6.45, 7) is 3.59. The van der Waals surface area contributed by atoms with E-state index in [1.165, 1.54) is 0 Å². The average molecular weight is 330 g/mol. The molecule has 23 heavy (non-hydrogen) atoms. The lowest BCUT2D eigenvalue weighted by Gasteiger charge is -2.20. The summed E-state index contributed by atoms with van der Waals surface area (Å²) in [7, 11) is 3.71. The second-order valence-corrected chi connectivity index (χ2v) is 5.63. The van der Waals surface area contributed by atoms with Gasteiger partial charge in [0, 0.05) is 32.0 Å². The number of likely N-dealkylation sites (N-methyl/N-ethyl adjacent to an activating group) is 1. The number of pyridine rings is 1. The number of nitrogens with one attached hydrogen (secondary N) is 2. The SMILES string of the molecule is COc1ccc(N(C)CCNC(=S)Nc2cc(C)ccn2)cc1. The maximum Gasteiger partial charge on any atom is 0.172 e. The van der Waals surface area contributed by atoms with Crippen molar-refractivity contribution < 1.29 is 4.74 Å². The zero-order valence-corrected chi connectivity index (χ0v) is 14.5. The summed E-state index contributed by atoms with van der Waals surface area (Å²) < 4.78 is 5.16. The summed E-state index contributed by atoms with van der Waals surface area (Å²) in [4.78, 5) is 6.38. The molecule has 6 heteroatoms. The Kier molecular flexibility index (Phi) is 6.17. The van der Waals surface area contributed by atoms with Crippen LogP contribution in [0.4, 0.5) is 11.5 Å². The molecule has 2 aromatic rings. The first-order chi connectivity index (χ1) is 11.1. The molecule has 0 unspecified atom stereocenters. The van der Waals surface area contributed by atoms with E-state index in [1.807, 2.05) is 50.4 Å². The standard InChI is InChI=1S/C17H22N4OS/c1-13-8-9-18-16(12-13)20-17(23)19-10-11-21(2)14-4-6-15(22-3)7-5-14/h4-9,12H,10-11H2,1-3H3,(H2,18,19,20,23). The normalized spacial score (nSPS) is 10.0. The summed E-state index contributed by atoms with van der Waals surface area (Å²) >= 11 is 5.28. The molecule has 0 aliphatic carbocycles. The molecule has 0 saturated heterocycles. The van der Waals surface area contributed by atoms with Crippen molar-refractivity contribution in [1.82, 2.24) is 10.3 Å². The first kappa shape index (κ1) is 17.0. The number of aryl methyl sites for hydroxylation is 1. The predicted octanol–water partition coefficient (Wildman–Crippen LogP) is 2.82. The second kappa shape index (κ2) is 8.33. The van der Waals surface area contributed by atoms with E-state index in [-0.39, 0.29) is 0 Å². The predicted molar refractivity (Wildman–Crippen MR) is 99.5 cm³/mol. The van der Waals surface area contributed by atoms with Gasteiger partial charge in [0.05, 0.1) is 7.11 Å². The van der Waals surface area contributed by atoms with Crippen molar-refractivity contribution in [3.63, 3.8) is 0 Å². The first-order valence-corrected chi connectivity index (χ1v) is 7.82. The van der Waals surface area contributed by atoms with Gasteiger partial charge in [0.1, 0.15) is 11.6 Å². The minimum Gasteiger partial charge on any atom is -0.497 e. The van der Waals surface area contributed by atoms with E-state index in [4.69, 9.17) is 17.0 Å². The van der Waals surface area contributed by atoms with E-state index in [0.29, 0.717) is 5.11 Å². The lowest BCUT2D eigenvalue weighted by molar-refractivity contribution is 0.415. The molecule has 0 aliphatic rings. The molecule has 0 amide bonds. The number of hydrogen-bond donors (Lipinski definition) is 2. The van der Waals surface area contributed by atoms with Crippen LogP contribution in [-0.4, -0.2) is 37.3 Å². The molecule has 1 aromatic heterocycles. The summed E-state index contributed by atoms with van der Waals surface area (Å²) in [5, 5.41) is 6.85. The van der Waals surface area contributed by atoms with Crippen LogP contribution in [-0.2, 0) is 0 Å². The Hall–Kier alpha value is -2.34. The van der Waals surface area contributed by atoms with E-state index in [1.54, 1.807) is 13.3 Å².